The molecular weight excluding hydrogens is 342 g/mol. The van der Waals surface area contributed by atoms with Crippen molar-refractivity contribution in [3.63, 3.8) is 0 Å². The normalized spacial score (nSPS) is 10.4. The molecule has 0 fully saturated rings. The molecule has 3 aromatic carbocycles. The van der Waals surface area contributed by atoms with Gasteiger partial charge in [-0.1, -0.05) is 91.5 Å². The van der Waals surface area contributed by atoms with Crippen molar-refractivity contribution < 1.29 is 4.74 Å². The van der Waals surface area contributed by atoms with E-state index in [0.717, 1.165) is 39.4 Å². The van der Waals surface area contributed by atoms with Crippen LogP contribution in [0.15, 0.2) is 110 Å². The molecule has 0 radical (unpaired) electrons. The highest BCUT2D eigenvalue weighted by atomic mass is 16.5. The molecule has 0 amide bonds. The Morgan fingerprint density at radius 3 is 2.18 bits per heavy atom. The topological polar surface area (TPSA) is 22.1 Å². The van der Waals surface area contributed by atoms with E-state index in [2.05, 4.69) is 30.8 Å². The van der Waals surface area contributed by atoms with Crippen LogP contribution in [0, 0.1) is 0 Å². The first-order valence-corrected chi connectivity index (χ1v) is 9.29. The molecule has 2 heteroatoms. The molecule has 0 aliphatic heterocycles. The Kier molecular flexibility index (Phi) is 5.30. The third-order valence-electron chi connectivity index (χ3n) is 4.58. The van der Waals surface area contributed by atoms with Gasteiger partial charge in [0.25, 0.3) is 0 Å². The van der Waals surface area contributed by atoms with E-state index in [9.17, 15) is 0 Å². The van der Waals surface area contributed by atoms with Crippen molar-refractivity contribution >= 4 is 5.57 Å². The molecule has 4 rings (SSSR count). The second-order valence-corrected chi connectivity index (χ2v) is 6.52. The Balaban J connectivity index is 1.60. The van der Waals surface area contributed by atoms with Gasteiger partial charge in [-0.3, -0.25) is 0 Å². The fourth-order valence-electron chi connectivity index (χ4n) is 3.09. The number of rotatable bonds is 6. The van der Waals surface area contributed by atoms with E-state index in [1.165, 1.54) is 0 Å². The van der Waals surface area contributed by atoms with Gasteiger partial charge in [-0.15, -0.1) is 0 Å². The third-order valence-corrected chi connectivity index (χ3v) is 4.58. The molecule has 1 aromatic heterocycles. The van der Waals surface area contributed by atoms with Crippen LogP contribution >= 0.6 is 0 Å². The number of para-hydroxylation sites is 1. The van der Waals surface area contributed by atoms with E-state index < -0.39 is 0 Å². The van der Waals surface area contributed by atoms with Crippen LogP contribution in [-0.4, -0.2) is 4.98 Å². The molecule has 0 N–H and O–H groups in total. The predicted molar refractivity (Wildman–Crippen MR) is 115 cm³/mol. The van der Waals surface area contributed by atoms with Crippen molar-refractivity contribution in [2.24, 2.45) is 0 Å². The van der Waals surface area contributed by atoms with Gasteiger partial charge in [-0.05, 0) is 23.8 Å². The monoisotopic (exact) mass is 363 g/mol. The summed E-state index contributed by atoms with van der Waals surface area (Å²) in [5.74, 6) is 0.809. The van der Waals surface area contributed by atoms with Gasteiger partial charge in [-0.2, -0.15) is 0 Å². The zero-order valence-electron chi connectivity index (χ0n) is 15.6. The van der Waals surface area contributed by atoms with Gasteiger partial charge in [0.1, 0.15) is 12.4 Å². The Morgan fingerprint density at radius 2 is 1.39 bits per heavy atom. The molecule has 0 atom stereocenters. The van der Waals surface area contributed by atoms with Crippen LogP contribution in [0.1, 0.15) is 16.8 Å². The SMILES string of the molecule is C=C(c1cccc(-c2ccccc2)n1)c1ccccc1OCc1ccccc1. The van der Waals surface area contributed by atoms with Crippen LogP contribution in [0.5, 0.6) is 5.75 Å². The summed E-state index contributed by atoms with van der Waals surface area (Å²) in [5.41, 5.74) is 5.80. The molecular formula is C26H21NO. The van der Waals surface area contributed by atoms with Crippen molar-refractivity contribution in [2.75, 3.05) is 0 Å². The molecule has 0 aliphatic rings. The lowest BCUT2D eigenvalue weighted by Crippen LogP contribution is -1.99. The molecule has 0 spiro atoms. The second-order valence-electron chi connectivity index (χ2n) is 6.52. The van der Waals surface area contributed by atoms with Crippen LogP contribution < -0.4 is 4.74 Å². The average Bonchev–Trinajstić information content (AvgIpc) is 2.79. The van der Waals surface area contributed by atoms with Crippen molar-refractivity contribution in [2.45, 2.75) is 6.61 Å². The largest absolute Gasteiger partial charge is 0.488 e. The van der Waals surface area contributed by atoms with Crippen molar-refractivity contribution in [3.05, 3.63) is 127 Å². The minimum atomic E-state index is 0.516. The Hall–Kier alpha value is -3.65. The van der Waals surface area contributed by atoms with E-state index in [1.54, 1.807) is 0 Å². The number of ether oxygens (including phenoxy) is 1. The fourth-order valence-corrected chi connectivity index (χ4v) is 3.09. The predicted octanol–water partition coefficient (Wildman–Crippen LogP) is 6.39. The van der Waals surface area contributed by atoms with E-state index in [-0.39, 0.29) is 0 Å². The fraction of sp³-hybridized carbons (Fsp3) is 0.0385. The number of nitrogens with zero attached hydrogens (tertiary/aromatic N) is 1. The molecule has 28 heavy (non-hydrogen) atoms. The third kappa shape index (κ3) is 4.02. The average molecular weight is 363 g/mol. The summed E-state index contributed by atoms with van der Waals surface area (Å²) in [6.07, 6.45) is 0. The lowest BCUT2D eigenvalue weighted by Gasteiger charge is -2.14. The van der Waals surface area contributed by atoms with Crippen LogP contribution in [0.2, 0.25) is 0 Å². The van der Waals surface area contributed by atoms with Gasteiger partial charge in [0, 0.05) is 16.7 Å². The minimum Gasteiger partial charge on any atom is -0.488 e. The van der Waals surface area contributed by atoms with E-state index in [1.807, 2.05) is 78.9 Å². The summed E-state index contributed by atoms with van der Waals surface area (Å²) in [6.45, 7) is 4.82. The van der Waals surface area contributed by atoms with Crippen LogP contribution in [0.25, 0.3) is 16.8 Å². The first kappa shape index (κ1) is 17.7. The summed E-state index contributed by atoms with van der Waals surface area (Å²) in [4.78, 5) is 4.82. The van der Waals surface area contributed by atoms with Gasteiger partial charge in [0.05, 0.1) is 11.4 Å². The quantitative estimate of drug-likeness (QED) is 0.396. The van der Waals surface area contributed by atoms with E-state index >= 15 is 0 Å². The Morgan fingerprint density at radius 1 is 0.714 bits per heavy atom. The number of benzene rings is 3. The number of pyridine rings is 1. The lowest BCUT2D eigenvalue weighted by molar-refractivity contribution is 0.305. The van der Waals surface area contributed by atoms with Crippen molar-refractivity contribution in [1.29, 1.82) is 0 Å². The van der Waals surface area contributed by atoms with Gasteiger partial charge in [-0.25, -0.2) is 4.98 Å². The van der Waals surface area contributed by atoms with Crippen LogP contribution in [-0.2, 0) is 6.61 Å². The summed E-state index contributed by atoms with van der Waals surface area (Å²) >= 11 is 0. The van der Waals surface area contributed by atoms with Crippen molar-refractivity contribution in [3.8, 4) is 17.0 Å². The standard InChI is InChI=1S/C26H21NO/c1-20(24-16-10-17-25(27-24)22-13-6-3-7-14-22)23-15-8-9-18-26(23)28-19-21-11-4-2-5-12-21/h2-18H,1,19H2. The van der Waals surface area contributed by atoms with Gasteiger partial charge < -0.3 is 4.74 Å². The summed E-state index contributed by atoms with van der Waals surface area (Å²) in [5, 5.41) is 0. The smallest absolute Gasteiger partial charge is 0.127 e. The molecule has 1 heterocycles. The van der Waals surface area contributed by atoms with Crippen LogP contribution in [0.4, 0.5) is 0 Å². The molecule has 136 valence electrons. The number of hydrogen-bond donors (Lipinski definition) is 0. The molecule has 0 aliphatic carbocycles. The maximum atomic E-state index is 6.09. The zero-order chi connectivity index (χ0) is 19.2. The summed E-state index contributed by atoms with van der Waals surface area (Å²) in [6, 6.07) is 34.3. The van der Waals surface area contributed by atoms with E-state index in [0.29, 0.717) is 6.61 Å². The summed E-state index contributed by atoms with van der Waals surface area (Å²) in [7, 11) is 0. The molecule has 2 nitrogen and oxygen atoms in total. The molecule has 0 saturated heterocycles. The maximum Gasteiger partial charge on any atom is 0.127 e. The minimum absolute atomic E-state index is 0.516. The molecule has 0 saturated carbocycles. The second kappa shape index (κ2) is 8.36. The highest BCUT2D eigenvalue weighted by Gasteiger charge is 2.11. The number of hydrogen-bond acceptors (Lipinski definition) is 2. The van der Waals surface area contributed by atoms with Crippen molar-refractivity contribution in [1.82, 2.24) is 4.98 Å². The first-order valence-electron chi connectivity index (χ1n) is 9.29. The Bertz CT molecular complexity index is 1070. The van der Waals surface area contributed by atoms with Gasteiger partial charge >= 0.3 is 0 Å². The highest BCUT2D eigenvalue weighted by molar-refractivity contribution is 5.80. The number of aromatic nitrogens is 1. The highest BCUT2D eigenvalue weighted by Crippen LogP contribution is 2.30. The molecule has 0 unspecified atom stereocenters. The lowest BCUT2D eigenvalue weighted by atomic mass is 10.0. The molecule has 4 aromatic rings. The van der Waals surface area contributed by atoms with Gasteiger partial charge in [0.2, 0.25) is 0 Å². The summed E-state index contributed by atoms with van der Waals surface area (Å²) < 4.78 is 6.09. The maximum absolute atomic E-state index is 6.09. The van der Waals surface area contributed by atoms with Crippen LogP contribution in [0.3, 0.4) is 0 Å². The Labute approximate surface area is 165 Å². The molecule has 0 bridgehead atoms. The zero-order valence-corrected chi connectivity index (χ0v) is 15.6. The van der Waals surface area contributed by atoms with E-state index in [4.69, 9.17) is 9.72 Å². The first-order chi connectivity index (χ1) is 13.8. The van der Waals surface area contributed by atoms with Gasteiger partial charge in [0.15, 0.2) is 0 Å².